The Morgan fingerprint density at radius 1 is 1.39 bits per heavy atom. The van der Waals surface area contributed by atoms with Crippen molar-refractivity contribution in [2.75, 3.05) is 13.7 Å². The summed E-state index contributed by atoms with van der Waals surface area (Å²) in [5.41, 5.74) is 0.483. The standard InChI is InChI=1S/C13H16O5/c1-4-17-12-7-10(8-14)5-6-11(12)18-9(2)13(15)16-3/h5-9H,4H2,1-3H3/t9-/m0/s1. The van der Waals surface area contributed by atoms with Crippen molar-refractivity contribution in [3.05, 3.63) is 23.8 Å². The molecule has 0 radical (unpaired) electrons. The summed E-state index contributed by atoms with van der Waals surface area (Å²) in [4.78, 5) is 21.9. The van der Waals surface area contributed by atoms with Crippen LogP contribution < -0.4 is 9.47 Å². The highest BCUT2D eigenvalue weighted by Crippen LogP contribution is 2.29. The van der Waals surface area contributed by atoms with Crippen LogP contribution in [0.5, 0.6) is 11.5 Å². The Morgan fingerprint density at radius 2 is 2.11 bits per heavy atom. The van der Waals surface area contributed by atoms with Gasteiger partial charge in [0.25, 0.3) is 0 Å². The van der Waals surface area contributed by atoms with E-state index in [2.05, 4.69) is 4.74 Å². The number of methoxy groups -OCH3 is 1. The molecule has 0 heterocycles. The molecule has 0 saturated carbocycles. The van der Waals surface area contributed by atoms with Crippen LogP contribution >= 0.6 is 0 Å². The molecule has 0 aliphatic carbocycles. The van der Waals surface area contributed by atoms with Gasteiger partial charge in [0, 0.05) is 5.56 Å². The van der Waals surface area contributed by atoms with Gasteiger partial charge < -0.3 is 14.2 Å². The largest absolute Gasteiger partial charge is 0.490 e. The minimum absolute atomic E-state index is 0.403. The molecule has 1 aromatic carbocycles. The molecular weight excluding hydrogens is 236 g/mol. The fourth-order valence-electron chi connectivity index (χ4n) is 1.37. The van der Waals surface area contributed by atoms with Gasteiger partial charge in [0.2, 0.25) is 0 Å². The lowest BCUT2D eigenvalue weighted by Crippen LogP contribution is -2.25. The molecule has 0 aromatic heterocycles. The molecule has 0 saturated heterocycles. The van der Waals surface area contributed by atoms with Gasteiger partial charge in [0.15, 0.2) is 17.6 Å². The number of rotatable bonds is 6. The van der Waals surface area contributed by atoms with Crippen molar-refractivity contribution >= 4 is 12.3 Å². The van der Waals surface area contributed by atoms with Gasteiger partial charge >= 0.3 is 5.97 Å². The summed E-state index contributed by atoms with van der Waals surface area (Å²) in [6.45, 7) is 3.83. The zero-order valence-electron chi connectivity index (χ0n) is 10.6. The van der Waals surface area contributed by atoms with E-state index in [9.17, 15) is 9.59 Å². The van der Waals surface area contributed by atoms with Crippen LogP contribution in [0.3, 0.4) is 0 Å². The van der Waals surface area contributed by atoms with Gasteiger partial charge in [0.1, 0.15) is 6.29 Å². The van der Waals surface area contributed by atoms with Crippen LogP contribution in [0.25, 0.3) is 0 Å². The maximum atomic E-state index is 11.3. The van der Waals surface area contributed by atoms with E-state index in [4.69, 9.17) is 9.47 Å². The maximum absolute atomic E-state index is 11.3. The molecule has 1 atom stereocenters. The number of hydrogen-bond donors (Lipinski definition) is 0. The Kier molecular flexibility index (Phi) is 5.17. The van der Waals surface area contributed by atoms with Crippen LogP contribution in [0.4, 0.5) is 0 Å². The molecule has 0 amide bonds. The van der Waals surface area contributed by atoms with Crippen LogP contribution in [-0.2, 0) is 9.53 Å². The lowest BCUT2D eigenvalue weighted by atomic mass is 10.2. The Balaban J connectivity index is 2.93. The van der Waals surface area contributed by atoms with Gasteiger partial charge in [-0.05, 0) is 32.0 Å². The number of carbonyl (C=O) groups is 2. The third-order valence-electron chi connectivity index (χ3n) is 2.24. The van der Waals surface area contributed by atoms with E-state index >= 15 is 0 Å². The predicted molar refractivity (Wildman–Crippen MR) is 65.1 cm³/mol. The Labute approximate surface area is 106 Å². The van der Waals surface area contributed by atoms with Gasteiger partial charge in [-0.25, -0.2) is 4.79 Å². The summed E-state index contributed by atoms with van der Waals surface area (Å²) in [6.07, 6.45) is -0.0213. The molecule has 1 rings (SSSR count). The Hall–Kier alpha value is -2.04. The van der Waals surface area contributed by atoms with Gasteiger partial charge in [0.05, 0.1) is 13.7 Å². The van der Waals surface area contributed by atoms with E-state index in [1.165, 1.54) is 7.11 Å². The maximum Gasteiger partial charge on any atom is 0.346 e. The molecule has 18 heavy (non-hydrogen) atoms. The van der Waals surface area contributed by atoms with Gasteiger partial charge in [-0.1, -0.05) is 0 Å². The number of hydrogen-bond acceptors (Lipinski definition) is 5. The molecule has 1 aromatic rings. The van der Waals surface area contributed by atoms with E-state index in [-0.39, 0.29) is 0 Å². The molecule has 0 bridgehead atoms. The van der Waals surface area contributed by atoms with E-state index in [1.54, 1.807) is 25.1 Å². The van der Waals surface area contributed by atoms with Crippen LogP contribution in [-0.4, -0.2) is 32.1 Å². The average Bonchev–Trinajstić information content (AvgIpc) is 2.39. The minimum atomic E-state index is -0.740. The molecule has 5 nitrogen and oxygen atoms in total. The molecule has 0 aliphatic rings. The average molecular weight is 252 g/mol. The summed E-state index contributed by atoms with van der Waals surface area (Å²) in [5.74, 6) is 0.357. The first-order valence-electron chi connectivity index (χ1n) is 5.58. The second kappa shape index (κ2) is 6.64. The van der Waals surface area contributed by atoms with Crippen LogP contribution in [0, 0.1) is 0 Å². The van der Waals surface area contributed by atoms with Gasteiger partial charge in [-0.3, -0.25) is 4.79 Å². The highest BCUT2D eigenvalue weighted by atomic mass is 16.6. The number of aldehydes is 1. The summed E-state index contributed by atoms with van der Waals surface area (Å²) >= 11 is 0. The van der Waals surface area contributed by atoms with E-state index < -0.39 is 12.1 Å². The highest BCUT2D eigenvalue weighted by Gasteiger charge is 2.17. The van der Waals surface area contributed by atoms with Crippen molar-refractivity contribution in [2.45, 2.75) is 20.0 Å². The first-order chi connectivity index (χ1) is 8.62. The molecule has 0 unspecified atom stereocenters. The number of benzene rings is 1. The van der Waals surface area contributed by atoms with Crippen molar-refractivity contribution in [1.82, 2.24) is 0 Å². The molecule has 0 fully saturated rings. The molecule has 0 spiro atoms. The van der Waals surface area contributed by atoms with Crippen molar-refractivity contribution < 1.29 is 23.8 Å². The third-order valence-corrected chi connectivity index (χ3v) is 2.24. The first kappa shape index (κ1) is 14.0. The number of ether oxygens (including phenoxy) is 3. The lowest BCUT2D eigenvalue weighted by Gasteiger charge is -2.15. The lowest BCUT2D eigenvalue weighted by molar-refractivity contribution is -0.147. The molecule has 0 N–H and O–H groups in total. The van der Waals surface area contributed by atoms with E-state index in [1.807, 2.05) is 6.92 Å². The summed E-state index contributed by atoms with van der Waals surface area (Å²) in [6, 6.07) is 4.75. The normalized spacial score (nSPS) is 11.5. The topological polar surface area (TPSA) is 61.8 Å². The predicted octanol–water partition coefficient (Wildman–Crippen LogP) is 1.84. The Bertz CT molecular complexity index is 427. The minimum Gasteiger partial charge on any atom is -0.490 e. The molecular formula is C13H16O5. The van der Waals surface area contributed by atoms with E-state index in [0.717, 1.165) is 6.29 Å². The number of carbonyl (C=O) groups excluding carboxylic acids is 2. The van der Waals surface area contributed by atoms with Crippen LogP contribution in [0.15, 0.2) is 18.2 Å². The van der Waals surface area contributed by atoms with Gasteiger partial charge in [-0.2, -0.15) is 0 Å². The highest BCUT2D eigenvalue weighted by molar-refractivity contribution is 5.77. The third kappa shape index (κ3) is 3.48. The monoisotopic (exact) mass is 252 g/mol. The van der Waals surface area contributed by atoms with Gasteiger partial charge in [-0.15, -0.1) is 0 Å². The number of esters is 1. The Morgan fingerprint density at radius 3 is 2.67 bits per heavy atom. The zero-order valence-corrected chi connectivity index (χ0v) is 10.6. The summed E-state index contributed by atoms with van der Waals surface area (Å²) in [7, 11) is 1.29. The van der Waals surface area contributed by atoms with Crippen molar-refractivity contribution in [1.29, 1.82) is 0 Å². The summed E-state index contributed by atoms with van der Waals surface area (Å²) < 4.78 is 15.4. The molecule has 5 heteroatoms. The van der Waals surface area contributed by atoms with Crippen LogP contribution in [0.1, 0.15) is 24.2 Å². The summed E-state index contributed by atoms with van der Waals surface area (Å²) in [5, 5.41) is 0. The van der Waals surface area contributed by atoms with Crippen LogP contribution in [0.2, 0.25) is 0 Å². The molecule has 0 aliphatic heterocycles. The second-order valence-corrected chi connectivity index (χ2v) is 3.54. The fourth-order valence-corrected chi connectivity index (χ4v) is 1.37. The fraction of sp³-hybridized carbons (Fsp3) is 0.385. The van der Waals surface area contributed by atoms with E-state index in [0.29, 0.717) is 23.7 Å². The smallest absolute Gasteiger partial charge is 0.346 e. The second-order valence-electron chi connectivity index (χ2n) is 3.54. The van der Waals surface area contributed by atoms with Crippen molar-refractivity contribution in [2.24, 2.45) is 0 Å². The van der Waals surface area contributed by atoms with Crippen molar-refractivity contribution in [3.8, 4) is 11.5 Å². The van der Waals surface area contributed by atoms with Crippen molar-refractivity contribution in [3.63, 3.8) is 0 Å². The SMILES string of the molecule is CCOc1cc(C=O)ccc1O[C@@H](C)C(=O)OC. The zero-order chi connectivity index (χ0) is 13.5. The first-order valence-corrected chi connectivity index (χ1v) is 5.58. The molecule has 98 valence electrons. The quantitative estimate of drug-likeness (QED) is 0.571.